The Morgan fingerprint density at radius 1 is 1.38 bits per heavy atom. The standard InChI is InChI=1S/C7H7NO4S/c8-6-2-1-5(4-9)3-7(6)13(10,11)12/h1-4H,8H2,(H,10,11,12)/p-1. The van der Waals surface area contributed by atoms with Crippen LogP contribution in [0.1, 0.15) is 10.4 Å². The normalized spacial score (nSPS) is 11.2. The molecule has 0 atom stereocenters. The molecule has 0 aliphatic heterocycles. The molecule has 0 saturated carbocycles. The zero-order chi connectivity index (χ0) is 10.1. The quantitative estimate of drug-likeness (QED) is 0.411. The van der Waals surface area contributed by atoms with E-state index in [1.165, 1.54) is 12.1 Å². The number of nitrogen functional groups attached to an aromatic ring is 1. The maximum atomic E-state index is 10.6. The van der Waals surface area contributed by atoms with E-state index in [4.69, 9.17) is 5.73 Å². The van der Waals surface area contributed by atoms with Crippen LogP contribution in [0.5, 0.6) is 0 Å². The summed E-state index contributed by atoms with van der Waals surface area (Å²) in [6.07, 6.45) is 0.439. The zero-order valence-corrected chi connectivity index (χ0v) is 7.24. The molecule has 0 radical (unpaired) electrons. The van der Waals surface area contributed by atoms with E-state index in [2.05, 4.69) is 0 Å². The molecule has 0 aromatic heterocycles. The van der Waals surface area contributed by atoms with E-state index >= 15 is 0 Å². The second-order valence-corrected chi connectivity index (χ2v) is 3.72. The molecule has 0 spiro atoms. The summed E-state index contributed by atoms with van der Waals surface area (Å²) in [5, 5.41) is 0. The number of hydrogen-bond donors (Lipinski definition) is 1. The first-order valence-corrected chi connectivity index (χ1v) is 4.66. The molecular formula is C7H6NO4S-. The maximum Gasteiger partial charge on any atom is 0.150 e. The number of benzene rings is 1. The first kappa shape index (κ1) is 9.69. The Morgan fingerprint density at radius 2 is 2.00 bits per heavy atom. The molecule has 6 heteroatoms. The number of aldehydes is 1. The number of anilines is 1. The van der Waals surface area contributed by atoms with Gasteiger partial charge in [0, 0.05) is 11.3 Å². The third-order valence-electron chi connectivity index (χ3n) is 1.44. The second kappa shape index (κ2) is 3.15. The largest absolute Gasteiger partial charge is 0.744 e. The molecule has 0 aliphatic carbocycles. The van der Waals surface area contributed by atoms with Crippen LogP contribution in [0.3, 0.4) is 0 Å². The van der Waals surface area contributed by atoms with Crippen molar-refractivity contribution >= 4 is 22.1 Å². The third-order valence-corrected chi connectivity index (χ3v) is 2.34. The fourth-order valence-corrected chi connectivity index (χ4v) is 1.48. The maximum absolute atomic E-state index is 10.6. The SMILES string of the molecule is Nc1ccc(C=O)cc1S(=O)(=O)[O-]. The van der Waals surface area contributed by atoms with Gasteiger partial charge in [0.1, 0.15) is 16.4 Å². The van der Waals surface area contributed by atoms with Crippen molar-refractivity contribution in [3.8, 4) is 0 Å². The predicted molar refractivity (Wildman–Crippen MR) is 44.2 cm³/mol. The predicted octanol–water partition coefficient (Wildman–Crippen LogP) is -0.0146. The average Bonchev–Trinajstić information content (AvgIpc) is 2.03. The minimum atomic E-state index is -4.60. The molecule has 0 fully saturated rings. The van der Waals surface area contributed by atoms with Crippen LogP contribution >= 0.6 is 0 Å². The molecule has 0 heterocycles. The molecule has 0 saturated heterocycles. The van der Waals surface area contributed by atoms with Gasteiger partial charge in [0.25, 0.3) is 0 Å². The van der Waals surface area contributed by atoms with Crippen LogP contribution in [-0.4, -0.2) is 19.3 Å². The van der Waals surface area contributed by atoms with Crippen molar-refractivity contribution in [3.63, 3.8) is 0 Å². The van der Waals surface area contributed by atoms with Gasteiger partial charge in [-0.1, -0.05) is 0 Å². The van der Waals surface area contributed by atoms with Crippen LogP contribution in [0.25, 0.3) is 0 Å². The third kappa shape index (κ3) is 2.04. The van der Waals surface area contributed by atoms with Gasteiger partial charge in [0.15, 0.2) is 0 Å². The molecule has 0 bridgehead atoms. The lowest BCUT2D eigenvalue weighted by Crippen LogP contribution is -2.04. The van der Waals surface area contributed by atoms with Crippen LogP contribution in [0, 0.1) is 0 Å². The van der Waals surface area contributed by atoms with Crippen molar-refractivity contribution in [1.29, 1.82) is 0 Å². The summed E-state index contributed by atoms with van der Waals surface area (Å²) < 4.78 is 31.7. The highest BCUT2D eigenvalue weighted by molar-refractivity contribution is 7.86. The lowest BCUT2D eigenvalue weighted by molar-refractivity contribution is 0.112. The van der Waals surface area contributed by atoms with Crippen LogP contribution in [-0.2, 0) is 10.1 Å². The van der Waals surface area contributed by atoms with Gasteiger partial charge in [-0.25, -0.2) is 8.42 Å². The summed E-state index contributed by atoms with van der Waals surface area (Å²) in [6, 6.07) is 3.48. The highest BCUT2D eigenvalue weighted by Gasteiger charge is 2.06. The summed E-state index contributed by atoms with van der Waals surface area (Å²) >= 11 is 0. The molecule has 1 rings (SSSR count). The van der Waals surface area contributed by atoms with Crippen LogP contribution in [0.2, 0.25) is 0 Å². The minimum absolute atomic E-state index is 0.101. The van der Waals surface area contributed by atoms with E-state index in [0.717, 1.165) is 6.07 Å². The topological polar surface area (TPSA) is 100 Å². The number of nitrogens with two attached hydrogens (primary N) is 1. The molecule has 70 valence electrons. The van der Waals surface area contributed by atoms with Crippen molar-refractivity contribution in [2.75, 3.05) is 5.73 Å². The van der Waals surface area contributed by atoms with Crippen molar-refractivity contribution < 1.29 is 17.8 Å². The van der Waals surface area contributed by atoms with Gasteiger partial charge in [-0.05, 0) is 18.2 Å². The van der Waals surface area contributed by atoms with E-state index in [1.807, 2.05) is 0 Å². The fourth-order valence-electron chi connectivity index (χ4n) is 0.841. The molecule has 13 heavy (non-hydrogen) atoms. The monoisotopic (exact) mass is 200 g/mol. The van der Waals surface area contributed by atoms with E-state index in [0.29, 0.717) is 6.29 Å². The van der Waals surface area contributed by atoms with Crippen LogP contribution in [0.15, 0.2) is 23.1 Å². The van der Waals surface area contributed by atoms with Gasteiger partial charge < -0.3 is 10.3 Å². The van der Waals surface area contributed by atoms with Crippen molar-refractivity contribution in [2.24, 2.45) is 0 Å². The van der Waals surface area contributed by atoms with Crippen LogP contribution < -0.4 is 5.73 Å². The molecule has 0 amide bonds. The molecule has 2 N–H and O–H groups in total. The smallest absolute Gasteiger partial charge is 0.150 e. The van der Waals surface area contributed by atoms with E-state index in [1.54, 1.807) is 0 Å². The van der Waals surface area contributed by atoms with Gasteiger partial charge >= 0.3 is 0 Å². The Kier molecular flexibility index (Phi) is 2.35. The molecule has 1 aromatic carbocycles. The van der Waals surface area contributed by atoms with E-state index in [-0.39, 0.29) is 11.3 Å². The molecular weight excluding hydrogens is 194 g/mol. The first-order valence-electron chi connectivity index (χ1n) is 3.26. The Hall–Kier alpha value is -1.40. The Bertz CT molecular complexity index is 438. The van der Waals surface area contributed by atoms with Gasteiger partial charge in [-0.3, -0.25) is 4.79 Å². The summed E-state index contributed by atoms with van der Waals surface area (Å²) in [7, 11) is -4.60. The lowest BCUT2D eigenvalue weighted by atomic mass is 10.2. The molecule has 5 nitrogen and oxygen atoms in total. The molecule has 0 aliphatic rings. The van der Waals surface area contributed by atoms with Crippen molar-refractivity contribution in [1.82, 2.24) is 0 Å². The number of carbonyl (C=O) groups excluding carboxylic acids is 1. The first-order chi connectivity index (χ1) is 5.95. The van der Waals surface area contributed by atoms with Gasteiger partial charge in [0.2, 0.25) is 0 Å². The minimum Gasteiger partial charge on any atom is -0.744 e. The van der Waals surface area contributed by atoms with E-state index < -0.39 is 15.0 Å². The van der Waals surface area contributed by atoms with E-state index in [9.17, 15) is 17.8 Å². The van der Waals surface area contributed by atoms with Crippen molar-refractivity contribution in [3.05, 3.63) is 23.8 Å². The molecule has 1 aromatic rings. The Labute approximate surface area is 74.9 Å². The van der Waals surface area contributed by atoms with Gasteiger partial charge in [0.05, 0.1) is 4.90 Å². The summed E-state index contributed by atoms with van der Waals surface area (Å²) in [5.74, 6) is 0. The molecule has 0 unspecified atom stereocenters. The van der Waals surface area contributed by atoms with Crippen LogP contribution in [0.4, 0.5) is 5.69 Å². The lowest BCUT2D eigenvalue weighted by Gasteiger charge is -2.09. The number of hydrogen-bond acceptors (Lipinski definition) is 5. The summed E-state index contributed by atoms with van der Waals surface area (Å²) in [6.45, 7) is 0. The number of carbonyl (C=O) groups is 1. The summed E-state index contributed by atoms with van der Waals surface area (Å²) in [4.78, 5) is 9.70. The second-order valence-electron chi connectivity index (χ2n) is 2.37. The zero-order valence-electron chi connectivity index (χ0n) is 6.43. The Morgan fingerprint density at radius 3 is 2.46 bits per heavy atom. The summed E-state index contributed by atoms with van der Waals surface area (Å²) in [5.41, 5.74) is 5.18. The average molecular weight is 200 g/mol. The van der Waals surface area contributed by atoms with Gasteiger partial charge in [-0.2, -0.15) is 0 Å². The highest BCUT2D eigenvalue weighted by Crippen LogP contribution is 2.18. The van der Waals surface area contributed by atoms with Gasteiger partial charge in [-0.15, -0.1) is 0 Å². The highest BCUT2D eigenvalue weighted by atomic mass is 32.2. The Balaban J connectivity index is 3.44. The fraction of sp³-hybridized carbons (Fsp3) is 0. The van der Waals surface area contributed by atoms with Crippen molar-refractivity contribution in [2.45, 2.75) is 4.90 Å². The number of rotatable bonds is 2.